The van der Waals surface area contributed by atoms with Gasteiger partial charge in [0.05, 0.1) is 0 Å². The highest BCUT2D eigenvalue weighted by Crippen LogP contribution is 2.46. The summed E-state index contributed by atoms with van der Waals surface area (Å²) >= 11 is 12.3. The zero-order valence-corrected chi connectivity index (χ0v) is 13.4. The molecular weight excluding hydrogens is 313 g/mol. The van der Waals surface area contributed by atoms with Gasteiger partial charge in [-0.25, -0.2) is 0 Å². The van der Waals surface area contributed by atoms with E-state index in [9.17, 15) is 0 Å². The highest BCUT2D eigenvalue weighted by atomic mass is 35.5. The first-order valence-electron chi connectivity index (χ1n) is 6.39. The molecule has 1 aliphatic rings. The second-order valence-electron chi connectivity index (χ2n) is 5.04. The maximum Gasteiger partial charge on any atom is 0.0485 e. The Hall–Kier alpha value is -0.730. The molecule has 1 nitrogen and oxygen atoms in total. The summed E-state index contributed by atoms with van der Waals surface area (Å²) in [5.74, 6) is 0. The van der Waals surface area contributed by atoms with Crippen molar-refractivity contribution in [2.24, 2.45) is 0 Å². The van der Waals surface area contributed by atoms with E-state index in [0.29, 0.717) is 5.02 Å². The van der Waals surface area contributed by atoms with Gasteiger partial charge < -0.3 is 5.32 Å². The fourth-order valence-corrected chi connectivity index (χ4v) is 2.91. The lowest BCUT2D eigenvalue weighted by Crippen LogP contribution is -2.24. The van der Waals surface area contributed by atoms with Gasteiger partial charge in [0.1, 0.15) is 0 Å². The van der Waals surface area contributed by atoms with Gasteiger partial charge in [-0.15, -0.1) is 12.4 Å². The van der Waals surface area contributed by atoms with Gasteiger partial charge in [0.25, 0.3) is 0 Å². The SMILES string of the molecule is CNC1(c2cccc(-c3cc(Cl)ccc3Cl)c2)CC1.Cl. The molecule has 0 amide bonds. The van der Waals surface area contributed by atoms with E-state index in [2.05, 4.69) is 29.6 Å². The molecule has 1 saturated carbocycles. The minimum atomic E-state index is 0. The molecule has 0 radical (unpaired) electrons. The molecule has 0 bridgehead atoms. The topological polar surface area (TPSA) is 12.0 Å². The van der Waals surface area contributed by atoms with E-state index in [-0.39, 0.29) is 17.9 Å². The van der Waals surface area contributed by atoms with Crippen LogP contribution in [-0.4, -0.2) is 7.05 Å². The molecule has 2 aromatic rings. The molecule has 1 aliphatic carbocycles. The van der Waals surface area contributed by atoms with Crippen molar-refractivity contribution in [1.29, 1.82) is 0 Å². The Morgan fingerprint density at radius 2 is 1.80 bits per heavy atom. The highest BCUT2D eigenvalue weighted by molar-refractivity contribution is 6.35. The summed E-state index contributed by atoms with van der Waals surface area (Å²) in [6.45, 7) is 0. The summed E-state index contributed by atoms with van der Waals surface area (Å²) in [6, 6.07) is 14.1. The first kappa shape index (κ1) is 15.7. The lowest BCUT2D eigenvalue weighted by Gasteiger charge is -2.16. The summed E-state index contributed by atoms with van der Waals surface area (Å²) in [6.07, 6.45) is 2.38. The monoisotopic (exact) mass is 327 g/mol. The van der Waals surface area contributed by atoms with Gasteiger partial charge in [-0.2, -0.15) is 0 Å². The van der Waals surface area contributed by atoms with Crippen molar-refractivity contribution in [3.63, 3.8) is 0 Å². The first-order chi connectivity index (χ1) is 9.14. The zero-order valence-electron chi connectivity index (χ0n) is 11.1. The molecule has 0 atom stereocenters. The van der Waals surface area contributed by atoms with Gasteiger partial charge in [0.2, 0.25) is 0 Å². The smallest absolute Gasteiger partial charge is 0.0485 e. The summed E-state index contributed by atoms with van der Waals surface area (Å²) in [5.41, 5.74) is 3.60. The molecule has 3 rings (SSSR count). The van der Waals surface area contributed by atoms with Gasteiger partial charge in [0, 0.05) is 21.1 Å². The molecule has 0 spiro atoms. The van der Waals surface area contributed by atoms with Crippen LogP contribution in [0.5, 0.6) is 0 Å². The van der Waals surface area contributed by atoms with Crippen LogP contribution < -0.4 is 5.32 Å². The average molecular weight is 329 g/mol. The van der Waals surface area contributed by atoms with Crippen molar-refractivity contribution in [3.8, 4) is 11.1 Å². The zero-order chi connectivity index (χ0) is 13.5. The molecule has 0 saturated heterocycles. The van der Waals surface area contributed by atoms with Crippen molar-refractivity contribution < 1.29 is 0 Å². The molecule has 1 N–H and O–H groups in total. The van der Waals surface area contributed by atoms with E-state index in [1.165, 1.54) is 18.4 Å². The number of benzene rings is 2. The van der Waals surface area contributed by atoms with Crippen LogP contribution in [-0.2, 0) is 5.54 Å². The van der Waals surface area contributed by atoms with E-state index in [0.717, 1.165) is 16.1 Å². The van der Waals surface area contributed by atoms with Gasteiger partial charge in [0.15, 0.2) is 0 Å². The van der Waals surface area contributed by atoms with Gasteiger partial charge in [-0.3, -0.25) is 0 Å². The lowest BCUT2D eigenvalue weighted by atomic mass is 9.98. The summed E-state index contributed by atoms with van der Waals surface area (Å²) in [5, 5.41) is 4.85. The number of rotatable bonds is 3. The van der Waals surface area contributed by atoms with Crippen LogP contribution in [0.2, 0.25) is 10.0 Å². The normalized spacial score (nSPS) is 15.6. The van der Waals surface area contributed by atoms with Crippen molar-refractivity contribution >= 4 is 35.6 Å². The Kier molecular flexibility index (Phi) is 4.66. The fourth-order valence-electron chi connectivity index (χ4n) is 2.51. The Balaban J connectivity index is 0.00000147. The third-order valence-electron chi connectivity index (χ3n) is 3.88. The lowest BCUT2D eigenvalue weighted by molar-refractivity contribution is 0.586. The molecule has 0 unspecified atom stereocenters. The number of nitrogens with one attached hydrogen (secondary N) is 1. The van der Waals surface area contributed by atoms with Crippen molar-refractivity contribution in [2.45, 2.75) is 18.4 Å². The predicted octanol–water partition coefficient (Wildman–Crippen LogP) is 5.29. The summed E-state index contributed by atoms with van der Waals surface area (Å²) < 4.78 is 0. The second-order valence-corrected chi connectivity index (χ2v) is 5.88. The van der Waals surface area contributed by atoms with Crippen molar-refractivity contribution in [2.75, 3.05) is 7.05 Å². The molecule has 0 aliphatic heterocycles. The molecule has 20 heavy (non-hydrogen) atoms. The van der Waals surface area contributed by atoms with Crippen LogP contribution in [0, 0.1) is 0 Å². The van der Waals surface area contributed by atoms with E-state index < -0.39 is 0 Å². The van der Waals surface area contributed by atoms with Gasteiger partial charge in [-0.05, 0) is 55.3 Å². The predicted molar refractivity (Wildman–Crippen MR) is 89.1 cm³/mol. The Morgan fingerprint density at radius 1 is 1.05 bits per heavy atom. The van der Waals surface area contributed by atoms with E-state index >= 15 is 0 Å². The maximum atomic E-state index is 6.27. The Labute approximate surface area is 135 Å². The third kappa shape index (κ3) is 2.82. The maximum absolute atomic E-state index is 6.27. The average Bonchev–Trinajstić information content (AvgIpc) is 3.23. The van der Waals surface area contributed by atoms with Crippen molar-refractivity contribution in [1.82, 2.24) is 5.32 Å². The standard InChI is InChI=1S/C16H15Cl2N.ClH/c1-19-16(7-8-16)12-4-2-3-11(9-12)14-10-13(17)5-6-15(14)18;/h2-6,9-10,19H,7-8H2,1H3;1H. The van der Waals surface area contributed by atoms with Crippen LogP contribution in [0.1, 0.15) is 18.4 Å². The van der Waals surface area contributed by atoms with Gasteiger partial charge in [-0.1, -0.05) is 41.4 Å². The molecule has 2 aromatic carbocycles. The van der Waals surface area contributed by atoms with Gasteiger partial charge >= 0.3 is 0 Å². The van der Waals surface area contributed by atoms with Crippen LogP contribution in [0.3, 0.4) is 0 Å². The van der Waals surface area contributed by atoms with Crippen LogP contribution in [0.25, 0.3) is 11.1 Å². The molecule has 106 valence electrons. The number of hydrogen-bond acceptors (Lipinski definition) is 1. The number of hydrogen-bond donors (Lipinski definition) is 1. The largest absolute Gasteiger partial charge is 0.310 e. The molecule has 0 heterocycles. The molecule has 4 heteroatoms. The van der Waals surface area contributed by atoms with Crippen LogP contribution in [0.4, 0.5) is 0 Å². The van der Waals surface area contributed by atoms with Crippen molar-refractivity contribution in [3.05, 3.63) is 58.1 Å². The summed E-state index contributed by atoms with van der Waals surface area (Å²) in [7, 11) is 2.02. The Bertz CT molecular complexity index is 621. The molecule has 0 aromatic heterocycles. The Morgan fingerprint density at radius 3 is 2.45 bits per heavy atom. The van der Waals surface area contributed by atoms with E-state index in [1.54, 1.807) is 0 Å². The molecule has 1 fully saturated rings. The number of halogens is 3. The minimum Gasteiger partial charge on any atom is -0.310 e. The second kappa shape index (κ2) is 5.95. The third-order valence-corrected chi connectivity index (χ3v) is 4.45. The quantitative estimate of drug-likeness (QED) is 0.807. The minimum absolute atomic E-state index is 0. The highest BCUT2D eigenvalue weighted by Gasteiger charge is 2.42. The van der Waals surface area contributed by atoms with Crippen LogP contribution >= 0.6 is 35.6 Å². The van der Waals surface area contributed by atoms with E-state index in [4.69, 9.17) is 23.2 Å². The van der Waals surface area contributed by atoms with E-state index in [1.807, 2.05) is 25.2 Å². The molecular formula is C16H16Cl3N. The first-order valence-corrected chi connectivity index (χ1v) is 7.15. The fraction of sp³-hybridized carbons (Fsp3) is 0.250. The summed E-state index contributed by atoms with van der Waals surface area (Å²) in [4.78, 5) is 0. The van der Waals surface area contributed by atoms with Crippen LogP contribution in [0.15, 0.2) is 42.5 Å².